The van der Waals surface area contributed by atoms with Crippen molar-refractivity contribution < 1.29 is 9.47 Å². The molecule has 1 aromatic rings. The van der Waals surface area contributed by atoms with Gasteiger partial charge in [-0.25, -0.2) is 0 Å². The van der Waals surface area contributed by atoms with E-state index in [1.165, 1.54) is 0 Å². The van der Waals surface area contributed by atoms with Crippen molar-refractivity contribution in [3.63, 3.8) is 0 Å². The maximum Gasteiger partial charge on any atom is 0.171 e. The van der Waals surface area contributed by atoms with Gasteiger partial charge in [0.05, 0.1) is 11.7 Å². The van der Waals surface area contributed by atoms with Crippen LogP contribution in [0.5, 0.6) is 0 Å². The molecule has 0 amide bonds. The Morgan fingerprint density at radius 3 is 2.38 bits per heavy atom. The van der Waals surface area contributed by atoms with Crippen LogP contribution in [-0.2, 0) is 9.47 Å². The van der Waals surface area contributed by atoms with Gasteiger partial charge in [0, 0.05) is 26.5 Å². The van der Waals surface area contributed by atoms with Crippen LogP contribution in [0.4, 0.5) is 0 Å². The van der Waals surface area contributed by atoms with Crippen LogP contribution in [0.25, 0.3) is 0 Å². The van der Waals surface area contributed by atoms with Gasteiger partial charge in [0.1, 0.15) is 0 Å². The first-order valence-corrected chi connectivity index (χ1v) is 5.41. The summed E-state index contributed by atoms with van der Waals surface area (Å²) < 4.78 is 10.4. The second-order valence-corrected chi connectivity index (χ2v) is 3.77. The predicted molar refractivity (Wildman–Crippen MR) is 63.1 cm³/mol. The second-order valence-electron chi connectivity index (χ2n) is 3.77. The lowest BCUT2D eigenvalue weighted by Crippen LogP contribution is -2.41. The minimum absolute atomic E-state index is 0.104. The summed E-state index contributed by atoms with van der Waals surface area (Å²) in [5, 5.41) is 3.39. The van der Waals surface area contributed by atoms with Gasteiger partial charge in [-0.15, -0.1) is 0 Å². The lowest BCUT2D eigenvalue weighted by Gasteiger charge is -2.25. The first kappa shape index (κ1) is 13.1. The van der Waals surface area contributed by atoms with Gasteiger partial charge in [-0.2, -0.15) is 0 Å². The quantitative estimate of drug-likeness (QED) is 0.747. The van der Waals surface area contributed by atoms with Crippen molar-refractivity contribution in [2.75, 3.05) is 14.2 Å². The summed E-state index contributed by atoms with van der Waals surface area (Å²) in [6.45, 7) is 4.10. The molecule has 0 spiro atoms. The van der Waals surface area contributed by atoms with Crippen molar-refractivity contribution in [3.05, 3.63) is 30.1 Å². The number of rotatable bonds is 6. The zero-order chi connectivity index (χ0) is 12.0. The lowest BCUT2D eigenvalue weighted by molar-refractivity contribution is -0.120. The molecule has 2 atom stereocenters. The Morgan fingerprint density at radius 1 is 1.19 bits per heavy atom. The molecule has 4 nitrogen and oxygen atoms in total. The van der Waals surface area contributed by atoms with Gasteiger partial charge in [0.15, 0.2) is 6.29 Å². The van der Waals surface area contributed by atoms with E-state index in [0.717, 1.165) is 5.69 Å². The third-order valence-corrected chi connectivity index (χ3v) is 2.52. The van der Waals surface area contributed by atoms with Gasteiger partial charge >= 0.3 is 0 Å². The van der Waals surface area contributed by atoms with Crippen LogP contribution in [0.1, 0.15) is 25.6 Å². The minimum Gasteiger partial charge on any atom is -0.354 e. The Bertz CT molecular complexity index is 288. The van der Waals surface area contributed by atoms with E-state index in [9.17, 15) is 0 Å². The topological polar surface area (TPSA) is 43.4 Å². The van der Waals surface area contributed by atoms with E-state index in [0.29, 0.717) is 0 Å². The summed E-state index contributed by atoms with van der Waals surface area (Å²) in [4.78, 5) is 4.30. The maximum absolute atomic E-state index is 5.19. The van der Waals surface area contributed by atoms with Gasteiger partial charge in [-0.1, -0.05) is 6.07 Å². The van der Waals surface area contributed by atoms with Crippen LogP contribution in [0.15, 0.2) is 24.4 Å². The van der Waals surface area contributed by atoms with E-state index in [4.69, 9.17) is 9.47 Å². The number of aromatic nitrogens is 1. The van der Waals surface area contributed by atoms with Gasteiger partial charge in [0.25, 0.3) is 0 Å². The van der Waals surface area contributed by atoms with Gasteiger partial charge < -0.3 is 14.8 Å². The third kappa shape index (κ3) is 3.56. The van der Waals surface area contributed by atoms with Crippen LogP contribution in [-0.4, -0.2) is 31.5 Å². The molecule has 90 valence electrons. The molecule has 1 aromatic heterocycles. The van der Waals surface area contributed by atoms with Crippen molar-refractivity contribution in [1.82, 2.24) is 10.3 Å². The molecule has 1 unspecified atom stereocenters. The molecule has 0 fully saturated rings. The summed E-state index contributed by atoms with van der Waals surface area (Å²) >= 11 is 0. The van der Waals surface area contributed by atoms with E-state index in [1.807, 2.05) is 25.1 Å². The van der Waals surface area contributed by atoms with Crippen LogP contribution < -0.4 is 5.32 Å². The lowest BCUT2D eigenvalue weighted by atomic mass is 10.2. The Hall–Kier alpha value is -0.970. The summed E-state index contributed by atoms with van der Waals surface area (Å²) in [6.07, 6.45) is 1.55. The highest BCUT2D eigenvalue weighted by atomic mass is 16.7. The van der Waals surface area contributed by atoms with E-state index < -0.39 is 0 Å². The molecule has 0 aromatic carbocycles. The maximum atomic E-state index is 5.19. The summed E-state index contributed by atoms with van der Waals surface area (Å²) in [6, 6.07) is 6.16. The second kappa shape index (κ2) is 6.58. The number of hydrogen-bond donors (Lipinski definition) is 1. The molecular formula is C12H20N2O2. The molecule has 1 heterocycles. The zero-order valence-electron chi connectivity index (χ0n) is 10.3. The highest BCUT2D eigenvalue weighted by Crippen LogP contribution is 2.11. The smallest absolute Gasteiger partial charge is 0.171 e. The number of nitrogens with one attached hydrogen (secondary N) is 1. The third-order valence-electron chi connectivity index (χ3n) is 2.52. The molecule has 0 aliphatic rings. The monoisotopic (exact) mass is 224 g/mol. The Labute approximate surface area is 97.0 Å². The molecule has 0 bridgehead atoms. The van der Waals surface area contributed by atoms with Crippen LogP contribution in [0, 0.1) is 0 Å². The van der Waals surface area contributed by atoms with Crippen molar-refractivity contribution in [2.45, 2.75) is 32.2 Å². The molecule has 4 heteroatoms. The van der Waals surface area contributed by atoms with Crippen molar-refractivity contribution in [3.8, 4) is 0 Å². The predicted octanol–water partition coefficient (Wildman–Crippen LogP) is 1.74. The van der Waals surface area contributed by atoms with Crippen molar-refractivity contribution in [1.29, 1.82) is 0 Å². The molecule has 1 N–H and O–H groups in total. The Balaban J connectivity index is 2.54. The van der Waals surface area contributed by atoms with E-state index >= 15 is 0 Å². The average molecular weight is 224 g/mol. The molecule has 1 rings (SSSR count). The highest BCUT2D eigenvalue weighted by Gasteiger charge is 2.18. The van der Waals surface area contributed by atoms with Crippen molar-refractivity contribution in [2.24, 2.45) is 0 Å². The van der Waals surface area contributed by atoms with Gasteiger partial charge in [-0.3, -0.25) is 4.98 Å². The van der Waals surface area contributed by atoms with Gasteiger partial charge in [0.2, 0.25) is 0 Å². The number of nitrogens with zero attached hydrogens (tertiary/aromatic N) is 1. The average Bonchev–Trinajstić information content (AvgIpc) is 2.31. The van der Waals surface area contributed by atoms with Crippen molar-refractivity contribution >= 4 is 0 Å². The fourth-order valence-corrected chi connectivity index (χ4v) is 1.69. The SMILES string of the molecule is COC(OC)C(C)N[C@H](C)c1ccccn1. The minimum atomic E-state index is -0.244. The first-order chi connectivity index (χ1) is 7.69. The molecule has 0 aliphatic carbocycles. The van der Waals surface area contributed by atoms with Crippen LogP contribution in [0.3, 0.4) is 0 Å². The molecule has 0 saturated carbocycles. The van der Waals surface area contributed by atoms with Crippen LogP contribution in [0.2, 0.25) is 0 Å². The number of pyridine rings is 1. The number of ether oxygens (including phenoxy) is 2. The number of hydrogen-bond acceptors (Lipinski definition) is 4. The molecule has 16 heavy (non-hydrogen) atoms. The molecule has 0 saturated heterocycles. The summed E-state index contributed by atoms with van der Waals surface area (Å²) in [5.74, 6) is 0. The zero-order valence-corrected chi connectivity index (χ0v) is 10.3. The van der Waals surface area contributed by atoms with Crippen LogP contribution >= 0.6 is 0 Å². The first-order valence-electron chi connectivity index (χ1n) is 5.41. The summed E-state index contributed by atoms with van der Waals surface area (Å²) in [7, 11) is 3.27. The fourth-order valence-electron chi connectivity index (χ4n) is 1.69. The Kier molecular flexibility index (Phi) is 5.38. The van der Waals surface area contributed by atoms with E-state index in [-0.39, 0.29) is 18.4 Å². The fraction of sp³-hybridized carbons (Fsp3) is 0.583. The molecule has 0 radical (unpaired) electrons. The largest absolute Gasteiger partial charge is 0.354 e. The molecular weight excluding hydrogens is 204 g/mol. The van der Waals surface area contributed by atoms with E-state index in [1.54, 1.807) is 20.4 Å². The highest BCUT2D eigenvalue weighted by molar-refractivity contribution is 5.07. The summed E-state index contributed by atoms with van der Waals surface area (Å²) in [5.41, 5.74) is 1.01. The van der Waals surface area contributed by atoms with Gasteiger partial charge in [-0.05, 0) is 26.0 Å². The molecule has 0 aliphatic heterocycles. The van der Waals surface area contributed by atoms with E-state index in [2.05, 4.69) is 17.2 Å². The normalized spacial score (nSPS) is 15.1. The number of methoxy groups -OCH3 is 2. The standard InChI is InChI=1S/C12H20N2O2/c1-9(11-7-5-6-8-13-11)14-10(2)12(15-3)16-4/h5-10,12,14H,1-4H3/t9-,10?/m1/s1. The Morgan fingerprint density at radius 2 is 1.88 bits per heavy atom.